The molecule has 1 fully saturated rings. The fourth-order valence-corrected chi connectivity index (χ4v) is 5.54. The van der Waals surface area contributed by atoms with Crippen LogP contribution in [0.5, 0.6) is 0 Å². The Hall–Kier alpha value is -1.80. The Morgan fingerprint density at radius 1 is 1.21 bits per heavy atom. The SMILES string of the molecule is Sc1cccc(Nc2ncc3ccc4c(c3n2)CC(CN2CCNCC2)S4)c1. The van der Waals surface area contributed by atoms with Gasteiger partial charge in [-0.3, -0.25) is 4.90 Å². The highest BCUT2D eigenvalue weighted by Gasteiger charge is 2.27. The lowest BCUT2D eigenvalue weighted by molar-refractivity contribution is 0.242. The lowest BCUT2D eigenvalue weighted by Gasteiger charge is -2.29. The lowest BCUT2D eigenvalue weighted by atomic mass is 10.1. The summed E-state index contributed by atoms with van der Waals surface area (Å²) < 4.78 is 0. The summed E-state index contributed by atoms with van der Waals surface area (Å²) in [6.45, 7) is 5.64. The number of hydrogen-bond acceptors (Lipinski definition) is 7. The fraction of sp³-hybridized carbons (Fsp3) is 0.333. The maximum atomic E-state index is 4.87. The van der Waals surface area contributed by atoms with E-state index < -0.39 is 0 Å². The molecule has 5 nitrogen and oxygen atoms in total. The Morgan fingerprint density at radius 3 is 2.96 bits per heavy atom. The van der Waals surface area contributed by atoms with Crippen LogP contribution in [0.4, 0.5) is 11.6 Å². The van der Waals surface area contributed by atoms with E-state index in [9.17, 15) is 0 Å². The van der Waals surface area contributed by atoms with Gasteiger partial charge < -0.3 is 10.6 Å². The second-order valence-corrected chi connectivity index (χ2v) is 9.20. The van der Waals surface area contributed by atoms with Crippen molar-refractivity contribution in [2.24, 2.45) is 0 Å². The minimum absolute atomic E-state index is 0.603. The zero-order chi connectivity index (χ0) is 18.9. The summed E-state index contributed by atoms with van der Waals surface area (Å²) in [6.07, 6.45) is 2.99. The fourth-order valence-electron chi connectivity index (χ4n) is 3.95. The van der Waals surface area contributed by atoms with Crippen molar-refractivity contribution in [1.82, 2.24) is 20.2 Å². The van der Waals surface area contributed by atoms with Gasteiger partial charge in [-0.25, -0.2) is 9.97 Å². The number of fused-ring (bicyclic) bond motifs is 3. The Morgan fingerprint density at radius 2 is 2.11 bits per heavy atom. The summed E-state index contributed by atoms with van der Waals surface area (Å²) in [6, 6.07) is 12.3. The van der Waals surface area contributed by atoms with Gasteiger partial charge in [0.2, 0.25) is 5.95 Å². The minimum Gasteiger partial charge on any atom is -0.324 e. The lowest BCUT2D eigenvalue weighted by Crippen LogP contribution is -2.45. The van der Waals surface area contributed by atoms with E-state index in [0.29, 0.717) is 11.2 Å². The highest BCUT2D eigenvalue weighted by atomic mass is 32.2. The van der Waals surface area contributed by atoms with Gasteiger partial charge in [0.1, 0.15) is 0 Å². The number of thiol groups is 1. The van der Waals surface area contributed by atoms with Crippen molar-refractivity contribution in [2.45, 2.75) is 21.5 Å². The van der Waals surface area contributed by atoms with Crippen LogP contribution in [0.15, 0.2) is 52.4 Å². The molecule has 2 aliphatic heterocycles. The quantitative estimate of drug-likeness (QED) is 0.573. The van der Waals surface area contributed by atoms with E-state index in [-0.39, 0.29) is 0 Å². The predicted octanol–water partition coefficient (Wildman–Crippen LogP) is 3.58. The second-order valence-electron chi connectivity index (χ2n) is 7.34. The van der Waals surface area contributed by atoms with E-state index in [1.165, 1.54) is 10.5 Å². The molecule has 3 aromatic rings. The van der Waals surface area contributed by atoms with Crippen LogP contribution in [0.2, 0.25) is 0 Å². The summed E-state index contributed by atoms with van der Waals surface area (Å²) in [4.78, 5) is 14.2. The number of nitrogens with zero attached hydrogens (tertiary/aromatic N) is 3. The van der Waals surface area contributed by atoms with Crippen LogP contribution in [0.3, 0.4) is 0 Å². The number of aromatic nitrogens is 2. The Kier molecular flexibility index (Phi) is 5.15. The third-order valence-corrected chi connectivity index (χ3v) is 6.88. The van der Waals surface area contributed by atoms with Crippen LogP contribution >= 0.6 is 24.4 Å². The first-order chi connectivity index (χ1) is 13.7. The van der Waals surface area contributed by atoms with Gasteiger partial charge in [0.05, 0.1) is 5.52 Å². The normalized spacial score (nSPS) is 19.7. The number of hydrogen-bond donors (Lipinski definition) is 3. The molecule has 1 saturated heterocycles. The highest BCUT2D eigenvalue weighted by Crippen LogP contribution is 2.40. The number of rotatable bonds is 4. The molecule has 0 aliphatic carbocycles. The van der Waals surface area contributed by atoms with Crippen molar-refractivity contribution in [3.05, 3.63) is 48.2 Å². The van der Waals surface area contributed by atoms with E-state index >= 15 is 0 Å². The molecule has 0 spiro atoms. The smallest absolute Gasteiger partial charge is 0.227 e. The van der Waals surface area contributed by atoms with Gasteiger partial charge >= 0.3 is 0 Å². The molecule has 7 heteroatoms. The summed E-state index contributed by atoms with van der Waals surface area (Å²) in [7, 11) is 0. The molecule has 2 aliphatic rings. The van der Waals surface area contributed by atoms with E-state index in [0.717, 1.165) is 60.6 Å². The van der Waals surface area contributed by atoms with Crippen molar-refractivity contribution in [3.8, 4) is 0 Å². The number of anilines is 2. The molecule has 28 heavy (non-hydrogen) atoms. The molecule has 5 rings (SSSR count). The zero-order valence-electron chi connectivity index (χ0n) is 15.6. The molecule has 1 aromatic heterocycles. The first kappa shape index (κ1) is 18.2. The molecule has 1 atom stereocenters. The first-order valence-corrected chi connectivity index (χ1v) is 11.0. The number of piperazine rings is 1. The summed E-state index contributed by atoms with van der Waals surface area (Å²) in [5.74, 6) is 0.635. The van der Waals surface area contributed by atoms with Crippen molar-refractivity contribution >= 4 is 46.9 Å². The Balaban J connectivity index is 1.39. The monoisotopic (exact) mass is 409 g/mol. The van der Waals surface area contributed by atoms with Crippen LogP contribution < -0.4 is 10.6 Å². The zero-order valence-corrected chi connectivity index (χ0v) is 17.3. The average Bonchev–Trinajstić information content (AvgIpc) is 3.12. The predicted molar refractivity (Wildman–Crippen MR) is 119 cm³/mol. The molecular formula is C21H23N5S2. The third kappa shape index (κ3) is 3.85. The molecular weight excluding hydrogens is 386 g/mol. The molecule has 144 valence electrons. The van der Waals surface area contributed by atoms with Crippen molar-refractivity contribution in [3.63, 3.8) is 0 Å². The van der Waals surface area contributed by atoms with E-state index in [4.69, 9.17) is 4.98 Å². The highest BCUT2D eigenvalue weighted by molar-refractivity contribution is 8.00. The Bertz CT molecular complexity index is 1000. The maximum absolute atomic E-state index is 4.87. The minimum atomic E-state index is 0.603. The first-order valence-electron chi connectivity index (χ1n) is 9.69. The summed E-state index contributed by atoms with van der Waals surface area (Å²) in [5, 5.41) is 8.46. The molecule has 0 radical (unpaired) electrons. The molecule has 2 aromatic carbocycles. The number of benzene rings is 2. The van der Waals surface area contributed by atoms with Crippen LogP contribution in [0, 0.1) is 0 Å². The Labute approximate surface area is 174 Å². The van der Waals surface area contributed by atoms with Crippen LogP contribution in [0.25, 0.3) is 10.9 Å². The van der Waals surface area contributed by atoms with Crippen LogP contribution in [-0.2, 0) is 6.42 Å². The van der Waals surface area contributed by atoms with E-state index in [1.54, 1.807) is 0 Å². The van der Waals surface area contributed by atoms with Crippen molar-refractivity contribution < 1.29 is 0 Å². The van der Waals surface area contributed by atoms with Crippen LogP contribution in [0.1, 0.15) is 5.56 Å². The molecule has 0 amide bonds. The standard InChI is InChI=1S/C21H23N5S2/c27-16-3-1-2-15(10-16)24-21-23-12-14-4-5-19-18(20(14)25-21)11-17(28-19)13-26-8-6-22-7-9-26/h1-5,10,12,17,22,27H,6-9,11,13H2,(H,23,24,25). The van der Waals surface area contributed by atoms with Crippen molar-refractivity contribution in [1.29, 1.82) is 0 Å². The van der Waals surface area contributed by atoms with Gasteiger partial charge in [-0.15, -0.1) is 24.4 Å². The molecule has 3 heterocycles. The summed E-state index contributed by atoms with van der Waals surface area (Å²) >= 11 is 6.41. The van der Waals surface area contributed by atoms with Gasteiger partial charge in [-0.1, -0.05) is 12.1 Å². The van der Waals surface area contributed by atoms with Gasteiger partial charge in [0, 0.05) is 65.0 Å². The number of nitrogens with one attached hydrogen (secondary N) is 2. The molecule has 0 bridgehead atoms. The molecule has 2 N–H and O–H groups in total. The molecule has 1 unspecified atom stereocenters. The topological polar surface area (TPSA) is 53.1 Å². The van der Waals surface area contributed by atoms with Gasteiger partial charge in [-0.05, 0) is 36.2 Å². The number of thioether (sulfide) groups is 1. The van der Waals surface area contributed by atoms with E-state index in [2.05, 4.69) is 45.3 Å². The average molecular weight is 410 g/mol. The summed E-state index contributed by atoms with van der Waals surface area (Å²) in [5.41, 5.74) is 3.40. The second kappa shape index (κ2) is 7.91. The van der Waals surface area contributed by atoms with Gasteiger partial charge in [-0.2, -0.15) is 0 Å². The largest absolute Gasteiger partial charge is 0.324 e. The maximum Gasteiger partial charge on any atom is 0.227 e. The van der Waals surface area contributed by atoms with Gasteiger partial charge in [0.15, 0.2) is 0 Å². The van der Waals surface area contributed by atoms with Gasteiger partial charge in [0.25, 0.3) is 0 Å². The van der Waals surface area contributed by atoms with Crippen molar-refractivity contribution in [2.75, 3.05) is 38.0 Å². The molecule has 0 saturated carbocycles. The van der Waals surface area contributed by atoms with E-state index in [1.807, 2.05) is 42.2 Å². The van der Waals surface area contributed by atoms with Crippen LogP contribution in [-0.4, -0.2) is 52.8 Å². The third-order valence-electron chi connectivity index (χ3n) is 5.31.